The van der Waals surface area contributed by atoms with E-state index in [9.17, 15) is 8.42 Å². The highest BCUT2D eigenvalue weighted by Gasteiger charge is 2.42. The van der Waals surface area contributed by atoms with Crippen molar-refractivity contribution in [2.45, 2.75) is 50.8 Å². The Hall–Kier alpha value is -0.940. The van der Waals surface area contributed by atoms with Crippen LogP contribution in [0.2, 0.25) is 0 Å². The van der Waals surface area contributed by atoms with Gasteiger partial charge in [0, 0.05) is 30.1 Å². The van der Waals surface area contributed by atoms with Gasteiger partial charge in [-0.25, -0.2) is 8.42 Å². The lowest BCUT2D eigenvalue weighted by Crippen LogP contribution is -2.54. The molecule has 2 atom stereocenters. The van der Waals surface area contributed by atoms with E-state index >= 15 is 0 Å². The minimum absolute atomic E-state index is 0.0208. The topological polar surface area (TPSA) is 59.1 Å². The van der Waals surface area contributed by atoms with Gasteiger partial charge in [0.05, 0.1) is 4.75 Å². The maximum atomic E-state index is 12.1. The summed E-state index contributed by atoms with van der Waals surface area (Å²) in [6.07, 6.45) is 4.01. The summed E-state index contributed by atoms with van der Waals surface area (Å²) in [5.74, 6) is 0.0208. The predicted octanol–water partition coefficient (Wildman–Crippen LogP) is 2.38. The zero-order valence-corrected chi connectivity index (χ0v) is 13.9. The van der Waals surface area contributed by atoms with Gasteiger partial charge in [0.2, 0.25) is 0 Å². The number of nitrogens with one attached hydrogen (secondary N) is 1. The molecule has 1 aromatic rings. The normalized spacial score (nSPS) is 15.8. The van der Waals surface area contributed by atoms with Gasteiger partial charge < -0.3 is 5.32 Å². The lowest BCUT2D eigenvalue weighted by Gasteiger charge is -2.37. The van der Waals surface area contributed by atoms with E-state index in [1.807, 2.05) is 25.1 Å². The second kappa shape index (κ2) is 6.68. The molecule has 114 valence electrons. The predicted molar refractivity (Wildman–Crippen MR) is 83.7 cm³/mol. The van der Waals surface area contributed by atoms with Crippen molar-refractivity contribution >= 4 is 9.84 Å². The molecule has 1 heterocycles. The first-order valence-corrected chi connectivity index (χ1v) is 8.94. The Bertz CT molecular complexity index is 512. The van der Waals surface area contributed by atoms with Crippen molar-refractivity contribution < 1.29 is 8.42 Å². The van der Waals surface area contributed by atoms with E-state index in [0.717, 1.165) is 18.7 Å². The molecule has 0 saturated heterocycles. The zero-order chi connectivity index (χ0) is 15.4. The fourth-order valence-corrected chi connectivity index (χ4v) is 3.12. The third-order valence-corrected chi connectivity index (χ3v) is 6.14. The van der Waals surface area contributed by atoms with Crippen molar-refractivity contribution in [3.8, 4) is 0 Å². The Morgan fingerprint density at radius 3 is 2.45 bits per heavy atom. The summed E-state index contributed by atoms with van der Waals surface area (Å²) in [6, 6.07) is 5.58. The quantitative estimate of drug-likeness (QED) is 0.839. The Labute approximate surface area is 122 Å². The zero-order valence-electron chi connectivity index (χ0n) is 13.1. The molecule has 0 aromatic carbocycles. The number of pyridine rings is 1. The van der Waals surface area contributed by atoms with Crippen molar-refractivity contribution in [3.05, 3.63) is 30.1 Å². The molecule has 0 saturated carbocycles. The maximum absolute atomic E-state index is 12.1. The molecule has 1 aromatic heterocycles. The summed E-state index contributed by atoms with van der Waals surface area (Å²) in [4.78, 5) is 4.37. The van der Waals surface area contributed by atoms with Gasteiger partial charge in [-0.3, -0.25) is 4.98 Å². The van der Waals surface area contributed by atoms with Crippen LogP contribution in [0.15, 0.2) is 24.4 Å². The van der Waals surface area contributed by atoms with E-state index in [1.165, 1.54) is 6.26 Å². The average molecular weight is 298 g/mol. The maximum Gasteiger partial charge on any atom is 0.154 e. The van der Waals surface area contributed by atoms with Crippen molar-refractivity contribution in [3.63, 3.8) is 0 Å². The Kier molecular flexibility index (Phi) is 5.71. The summed E-state index contributed by atoms with van der Waals surface area (Å²) in [7, 11) is -3.18. The summed E-state index contributed by atoms with van der Waals surface area (Å²) >= 11 is 0. The smallest absolute Gasteiger partial charge is 0.154 e. The van der Waals surface area contributed by atoms with Crippen LogP contribution in [0, 0.1) is 0 Å². The molecular formula is C15H26N2O2S. The van der Waals surface area contributed by atoms with Gasteiger partial charge in [-0.2, -0.15) is 0 Å². The third-order valence-electron chi connectivity index (χ3n) is 3.97. The molecule has 1 N–H and O–H groups in total. The van der Waals surface area contributed by atoms with E-state index < -0.39 is 14.6 Å². The van der Waals surface area contributed by atoms with E-state index in [0.29, 0.717) is 0 Å². The average Bonchev–Trinajstić information content (AvgIpc) is 2.38. The molecule has 0 aliphatic carbocycles. The third kappa shape index (κ3) is 3.79. The van der Waals surface area contributed by atoms with Crippen LogP contribution in [0.5, 0.6) is 0 Å². The molecule has 1 rings (SSSR count). The van der Waals surface area contributed by atoms with Crippen LogP contribution in [-0.4, -0.2) is 37.0 Å². The molecule has 2 unspecified atom stereocenters. The van der Waals surface area contributed by atoms with E-state index in [1.54, 1.807) is 20.0 Å². The first-order valence-electron chi connectivity index (χ1n) is 7.05. The number of sulfone groups is 1. The molecule has 0 aliphatic heterocycles. The molecule has 0 spiro atoms. The first-order chi connectivity index (χ1) is 9.21. The molecular weight excluding hydrogens is 272 g/mol. The molecule has 0 bridgehead atoms. The molecule has 0 aliphatic rings. The van der Waals surface area contributed by atoms with Crippen molar-refractivity contribution in [1.29, 1.82) is 0 Å². The lowest BCUT2D eigenvalue weighted by molar-refractivity contribution is 0.362. The largest absolute Gasteiger partial charge is 0.312 e. The minimum atomic E-state index is -3.18. The molecule has 0 radical (unpaired) electrons. The highest BCUT2D eigenvalue weighted by molar-refractivity contribution is 7.92. The Morgan fingerprint density at radius 2 is 2.00 bits per heavy atom. The van der Waals surface area contributed by atoms with Crippen molar-refractivity contribution in [1.82, 2.24) is 10.3 Å². The molecule has 0 fully saturated rings. The van der Waals surface area contributed by atoms with Crippen LogP contribution < -0.4 is 5.32 Å². The summed E-state index contributed by atoms with van der Waals surface area (Å²) < 4.78 is 23.4. The second-order valence-corrected chi connectivity index (χ2v) is 8.45. The fourth-order valence-electron chi connectivity index (χ4n) is 2.37. The van der Waals surface area contributed by atoms with Crippen molar-refractivity contribution in [2.24, 2.45) is 0 Å². The van der Waals surface area contributed by atoms with Gasteiger partial charge in [-0.15, -0.1) is 0 Å². The van der Waals surface area contributed by atoms with Gasteiger partial charge in [-0.05, 0) is 38.9 Å². The Morgan fingerprint density at radius 1 is 1.35 bits per heavy atom. The first kappa shape index (κ1) is 17.1. The Balaban J connectivity index is 3.13. The minimum Gasteiger partial charge on any atom is -0.312 e. The van der Waals surface area contributed by atoms with Crippen LogP contribution in [0.1, 0.15) is 45.7 Å². The fraction of sp³-hybridized carbons (Fsp3) is 0.667. The van der Waals surface area contributed by atoms with Crippen LogP contribution in [0.4, 0.5) is 0 Å². The number of aromatic nitrogens is 1. The van der Waals surface area contributed by atoms with Crippen LogP contribution in [-0.2, 0) is 9.84 Å². The van der Waals surface area contributed by atoms with Gasteiger partial charge in [-0.1, -0.05) is 19.9 Å². The molecule has 0 amide bonds. The van der Waals surface area contributed by atoms with Gasteiger partial charge in [0.15, 0.2) is 9.84 Å². The molecule has 4 nitrogen and oxygen atoms in total. The summed E-state index contributed by atoms with van der Waals surface area (Å²) in [5.41, 5.74) is 0.915. The van der Waals surface area contributed by atoms with Crippen LogP contribution >= 0.6 is 0 Å². The van der Waals surface area contributed by atoms with Crippen molar-refractivity contribution in [2.75, 3.05) is 12.8 Å². The summed E-state index contributed by atoms with van der Waals surface area (Å²) in [5, 5.41) is 3.40. The van der Waals surface area contributed by atoms with Crippen LogP contribution in [0.3, 0.4) is 0 Å². The van der Waals surface area contributed by atoms with Gasteiger partial charge >= 0.3 is 0 Å². The summed E-state index contributed by atoms with van der Waals surface area (Å²) in [6.45, 7) is 8.47. The monoisotopic (exact) mass is 298 g/mol. The van der Waals surface area contributed by atoms with Crippen LogP contribution in [0.25, 0.3) is 0 Å². The second-order valence-electron chi connectivity index (χ2n) is 5.85. The van der Waals surface area contributed by atoms with Gasteiger partial charge in [0.1, 0.15) is 0 Å². The number of hydrogen-bond donors (Lipinski definition) is 1. The molecule has 20 heavy (non-hydrogen) atoms. The number of hydrogen-bond acceptors (Lipinski definition) is 4. The highest BCUT2D eigenvalue weighted by Crippen LogP contribution is 2.30. The van der Waals surface area contributed by atoms with E-state index in [2.05, 4.69) is 17.2 Å². The van der Waals surface area contributed by atoms with Gasteiger partial charge in [0.25, 0.3) is 0 Å². The molecule has 5 heteroatoms. The SMILES string of the molecule is CCCNC(C(C)c1ccccn1)C(C)(C)S(C)(=O)=O. The highest BCUT2D eigenvalue weighted by atomic mass is 32.2. The lowest BCUT2D eigenvalue weighted by atomic mass is 9.88. The number of nitrogens with zero attached hydrogens (tertiary/aromatic N) is 1. The number of rotatable bonds is 7. The standard InChI is InChI=1S/C15H26N2O2S/c1-6-10-17-14(15(3,4)20(5,18)19)12(2)13-9-7-8-11-16-13/h7-9,11-12,14,17H,6,10H2,1-5H3. The van der Waals surface area contributed by atoms with E-state index in [4.69, 9.17) is 0 Å². The van der Waals surface area contributed by atoms with E-state index in [-0.39, 0.29) is 12.0 Å².